The molecule has 0 aromatic heterocycles. The molecule has 0 radical (unpaired) electrons. The summed E-state index contributed by atoms with van der Waals surface area (Å²) in [6.07, 6.45) is 3.24. The van der Waals surface area contributed by atoms with E-state index in [1.807, 2.05) is 20.8 Å². The summed E-state index contributed by atoms with van der Waals surface area (Å²) in [6.45, 7) is 6.50. The van der Waals surface area contributed by atoms with Gasteiger partial charge in [-0.05, 0) is 31.6 Å². The van der Waals surface area contributed by atoms with E-state index in [0.29, 0.717) is 6.54 Å². The van der Waals surface area contributed by atoms with Crippen LogP contribution in [0.2, 0.25) is 0 Å². The van der Waals surface area contributed by atoms with E-state index in [4.69, 9.17) is 0 Å². The molecule has 1 rings (SSSR count). The maximum absolute atomic E-state index is 12.8. The largest absolute Gasteiger partial charge is 0.480 e. The van der Waals surface area contributed by atoms with Crippen molar-refractivity contribution in [2.75, 3.05) is 19.7 Å². The Labute approximate surface area is 126 Å². The number of rotatable bonds is 6. The van der Waals surface area contributed by atoms with Gasteiger partial charge in [-0.2, -0.15) is 0 Å². The summed E-state index contributed by atoms with van der Waals surface area (Å²) in [5.41, 5.74) is 0. The van der Waals surface area contributed by atoms with Crippen molar-refractivity contribution in [2.24, 2.45) is 5.92 Å². The van der Waals surface area contributed by atoms with Crippen LogP contribution in [0.15, 0.2) is 0 Å². The molecule has 1 aliphatic heterocycles. The van der Waals surface area contributed by atoms with Crippen molar-refractivity contribution in [1.82, 2.24) is 9.80 Å². The molecule has 0 bridgehead atoms. The van der Waals surface area contributed by atoms with Gasteiger partial charge in [-0.3, -0.25) is 0 Å². The average Bonchev–Trinajstić information content (AvgIpc) is 2.46. The predicted octanol–water partition coefficient (Wildman–Crippen LogP) is 1.77. The average molecular weight is 300 g/mol. The third-order valence-electron chi connectivity index (χ3n) is 4.40. The third-order valence-corrected chi connectivity index (χ3v) is 4.40. The lowest BCUT2D eigenvalue weighted by atomic mass is 9.91. The molecule has 1 saturated heterocycles. The molecule has 2 amide bonds. The van der Waals surface area contributed by atoms with Gasteiger partial charge in [-0.25, -0.2) is 9.59 Å². The molecule has 6 heteroatoms. The SMILES string of the molecule is CCC(CC)N(CCO)C(=O)N1CCCC(C)C1C(=O)O. The maximum atomic E-state index is 12.8. The zero-order valence-electron chi connectivity index (χ0n) is 13.3. The summed E-state index contributed by atoms with van der Waals surface area (Å²) < 4.78 is 0. The van der Waals surface area contributed by atoms with Gasteiger partial charge in [0.1, 0.15) is 6.04 Å². The number of aliphatic hydroxyl groups is 1. The minimum absolute atomic E-state index is 0.0383. The van der Waals surface area contributed by atoms with Crippen molar-refractivity contribution in [3.8, 4) is 0 Å². The summed E-state index contributed by atoms with van der Waals surface area (Å²) in [6, 6.07) is -0.977. The van der Waals surface area contributed by atoms with Crippen LogP contribution in [0, 0.1) is 5.92 Å². The Hall–Kier alpha value is -1.30. The fourth-order valence-electron chi connectivity index (χ4n) is 3.22. The highest BCUT2D eigenvalue weighted by Crippen LogP contribution is 2.25. The minimum Gasteiger partial charge on any atom is -0.480 e. The molecule has 0 aliphatic carbocycles. The number of carboxylic acids is 1. The first kappa shape index (κ1) is 17.8. The van der Waals surface area contributed by atoms with Crippen molar-refractivity contribution in [3.05, 3.63) is 0 Å². The standard InChI is InChI=1S/C15H28N2O4/c1-4-12(5-2)16(9-10-18)15(21)17-8-6-7-11(3)13(17)14(19)20/h11-13,18H,4-10H2,1-3H3,(H,19,20). The Morgan fingerprint density at radius 2 is 1.95 bits per heavy atom. The molecule has 0 aromatic carbocycles. The number of carbonyl (C=O) groups is 2. The van der Waals surface area contributed by atoms with Crippen LogP contribution in [0.25, 0.3) is 0 Å². The molecule has 2 unspecified atom stereocenters. The Morgan fingerprint density at radius 1 is 1.33 bits per heavy atom. The van der Waals surface area contributed by atoms with Crippen molar-refractivity contribution in [1.29, 1.82) is 0 Å². The number of nitrogens with zero attached hydrogens (tertiary/aromatic N) is 2. The zero-order valence-corrected chi connectivity index (χ0v) is 13.3. The molecule has 1 heterocycles. The van der Waals surface area contributed by atoms with Crippen LogP contribution >= 0.6 is 0 Å². The van der Waals surface area contributed by atoms with Crippen molar-refractivity contribution in [3.63, 3.8) is 0 Å². The minimum atomic E-state index is -0.941. The van der Waals surface area contributed by atoms with Crippen LogP contribution in [0.5, 0.6) is 0 Å². The van der Waals surface area contributed by atoms with E-state index in [-0.39, 0.29) is 31.1 Å². The van der Waals surface area contributed by atoms with Crippen LogP contribution in [0.4, 0.5) is 4.79 Å². The summed E-state index contributed by atoms with van der Waals surface area (Å²) in [4.78, 5) is 27.4. The first-order chi connectivity index (χ1) is 9.97. The number of likely N-dealkylation sites (tertiary alicyclic amines) is 1. The Balaban J connectivity index is 2.96. The summed E-state index contributed by atoms with van der Waals surface area (Å²) in [5, 5.41) is 18.7. The van der Waals surface area contributed by atoms with E-state index in [0.717, 1.165) is 25.7 Å². The number of aliphatic hydroxyl groups excluding tert-OH is 1. The number of aliphatic carboxylic acids is 1. The van der Waals surface area contributed by atoms with Crippen molar-refractivity contribution >= 4 is 12.0 Å². The lowest BCUT2D eigenvalue weighted by Crippen LogP contribution is -2.58. The molecule has 1 fully saturated rings. The van der Waals surface area contributed by atoms with Gasteiger partial charge in [0.05, 0.1) is 6.61 Å². The van der Waals surface area contributed by atoms with E-state index >= 15 is 0 Å². The zero-order chi connectivity index (χ0) is 16.0. The van der Waals surface area contributed by atoms with Crippen LogP contribution in [0.1, 0.15) is 46.5 Å². The molecule has 2 N–H and O–H groups in total. The number of carboxylic acid groups (broad SMARTS) is 1. The molecule has 0 aromatic rings. The highest BCUT2D eigenvalue weighted by molar-refractivity contribution is 5.83. The van der Waals surface area contributed by atoms with Crippen LogP contribution in [-0.2, 0) is 4.79 Å². The van der Waals surface area contributed by atoms with Gasteiger partial charge in [0.25, 0.3) is 0 Å². The number of piperidine rings is 1. The second kappa shape index (κ2) is 8.22. The molecule has 1 aliphatic rings. The molecular weight excluding hydrogens is 272 g/mol. The number of hydrogen-bond donors (Lipinski definition) is 2. The summed E-state index contributed by atoms with van der Waals surface area (Å²) in [7, 11) is 0. The molecule has 122 valence electrons. The van der Waals surface area contributed by atoms with Gasteiger partial charge in [0.2, 0.25) is 0 Å². The van der Waals surface area contributed by atoms with E-state index in [1.165, 1.54) is 4.90 Å². The molecule has 0 spiro atoms. The predicted molar refractivity (Wildman–Crippen MR) is 80.1 cm³/mol. The van der Waals surface area contributed by atoms with Gasteiger partial charge >= 0.3 is 12.0 Å². The highest BCUT2D eigenvalue weighted by atomic mass is 16.4. The van der Waals surface area contributed by atoms with Gasteiger partial charge in [-0.15, -0.1) is 0 Å². The fourth-order valence-corrected chi connectivity index (χ4v) is 3.22. The monoisotopic (exact) mass is 300 g/mol. The first-order valence-electron chi connectivity index (χ1n) is 7.88. The fraction of sp³-hybridized carbons (Fsp3) is 0.867. The molecule has 2 atom stereocenters. The number of amides is 2. The first-order valence-corrected chi connectivity index (χ1v) is 7.88. The second-order valence-corrected chi connectivity index (χ2v) is 5.77. The molecule has 21 heavy (non-hydrogen) atoms. The van der Waals surface area contributed by atoms with E-state index < -0.39 is 12.0 Å². The molecular formula is C15H28N2O4. The summed E-state index contributed by atoms with van der Waals surface area (Å²) in [5.74, 6) is -0.984. The van der Waals surface area contributed by atoms with Crippen LogP contribution < -0.4 is 0 Å². The maximum Gasteiger partial charge on any atom is 0.326 e. The third kappa shape index (κ3) is 4.09. The quantitative estimate of drug-likeness (QED) is 0.783. The van der Waals surface area contributed by atoms with Gasteiger partial charge < -0.3 is 20.0 Å². The lowest BCUT2D eigenvalue weighted by Gasteiger charge is -2.42. The summed E-state index contributed by atoms with van der Waals surface area (Å²) >= 11 is 0. The smallest absolute Gasteiger partial charge is 0.326 e. The topological polar surface area (TPSA) is 81.1 Å². The normalized spacial score (nSPS) is 22.4. The van der Waals surface area contributed by atoms with E-state index in [1.54, 1.807) is 4.90 Å². The van der Waals surface area contributed by atoms with Crippen molar-refractivity contribution < 1.29 is 19.8 Å². The Kier molecular flexibility index (Phi) is 6.95. The second-order valence-electron chi connectivity index (χ2n) is 5.77. The number of hydrogen-bond acceptors (Lipinski definition) is 3. The Morgan fingerprint density at radius 3 is 2.43 bits per heavy atom. The van der Waals surface area contributed by atoms with Gasteiger partial charge in [0, 0.05) is 19.1 Å². The molecule has 6 nitrogen and oxygen atoms in total. The van der Waals surface area contributed by atoms with Gasteiger partial charge in [0.15, 0.2) is 0 Å². The van der Waals surface area contributed by atoms with Crippen LogP contribution in [0.3, 0.4) is 0 Å². The number of carbonyl (C=O) groups excluding carboxylic acids is 1. The number of urea groups is 1. The highest BCUT2D eigenvalue weighted by Gasteiger charge is 2.39. The molecule has 0 saturated carbocycles. The van der Waals surface area contributed by atoms with Crippen LogP contribution in [-0.4, -0.2) is 63.8 Å². The van der Waals surface area contributed by atoms with E-state index in [9.17, 15) is 19.8 Å². The lowest BCUT2D eigenvalue weighted by molar-refractivity contribution is -0.145. The van der Waals surface area contributed by atoms with E-state index in [2.05, 4.69) is 0 Å². The van der Waals surface area contributed by atoms with Gasteiger partial charge in [-0.1, -0.05) is 20.8 Å². The Bertz CT molecular complexity index is 358. The van der Waals surface area contributed by atoms with Crippen molar-refractivity contribution in [2.45, 2.75) is 58.5 Å².